The molecule has 0 bridgehead atoms. The number of nitrogens with one attached hydrogen (secondary N) is 2. The van der Waals surface area contributed by atoms with Gasteiger partial charge in [0.25, 0.3) is 11.6 Å². The summed E-state index contributed by atoms with van der Waals surface area (Å²) in [5.41, 5.74) is 2.27. The van der Waals surface area contributed by atoms with Crippen molar-refractivity contribution in [3.63, 3.8) is 0 Å². The van der Waals surface area contributed by atoms with E-state index < -0.39 is 10.2 Å². The first kappa shape index (κ1) is 25.5. The summed E-state index contributed by atoms with van der Waals surface area (Å²) < 4.78 is 5.25. The predicted octanol–water partition coefficient (Wildman–Crippen LogP) is 6.33. The Balaban J connectivity index is 1.46. The standard InChI is InChI=1S/C28H23N3O5S/c1-36-24-9-5-8-22(18-24)30-28(33)26(19-6-3-2-4-7-19)37-25-16-12-21(13-17-25)29-27(32)20-10-14-23(15-11-20)31(34)35/h2-18,26H,1H3,(H,29,32)(H,30,33). The fourth-order valence-electron chi connectivity index (χ4n) is 3.50. The van der Waals surface area contributed by atoms with Crippen LogP contribution in [-0.4, -0.2) is 23.8 Å². The molecule has 0 heterocycles. The van der Waals surface area contributed by atoms with Gasteiger partial charge in [-0.15, -0.1) is 11.8 Å². The molecule has 8 nitrogen and oxygen atoms in total. The molecule has 0 aliphatic heterocycles. The third-order valence-corrected chi connectivity index (χ3v) is 6.65. The van der Waals surface area contributed by atoms with E-state index in [2.05, 4.69) is 10.6 Å². The smallest absolute Gasteiger partial charge is 0.269 e. The van der Waals surface area contributed by atoms with Crippen molar-refractivity contribution in [3.8, 4) is 5.75 Å². The Labute approximate surface area is 217 Å². The minimum Gasteiger partial charge on any atom is -0.497 e. The van der Waals surface area contributed by atoms with Crippen molar-refractivity contribution < 1.29 is 19.2 Å². The molecule has 0 saturated carbocycles. The Kier molecular flexibility index (Phi) is 8.17. The number of hydrogen-bond donors (Lipinski definition) is 2. The maximum atomic E-state index is 13.3. The summed E-state index contributed by atoms with van der Waals surface area (Å²) in [6.07, 6.45) is 0. The minimum absolute atomic E-state index is 0.0821. The molecule has 2 N–H and O–H groups in total. The lowest BCUT2D eigenvalue weighted by Gasteiger charge is -2.18. The summed E-state index contributed by atoms with van der Waals surface area (Å²) in [5, 5.41) is 16.0. The molecule has 0 fully saturated rings. The Morgan fingerprint density at radius 1 is 0.838 bits per heavy atom. The number of carbonyl (C=O) groups is 2. The summed E-state index contributed by atoms with van der Waals surface area (Å²) in [4.78, 5) is 36.9. The van der Waals surface area contributed by atoms with Gasteiger partial charge in [-0.05, 0) is 54.1 Å². The van der Waals surface area contributed by atoms with Crippen LogP contribution in [0.4, 0.5) is 17.1 Å². The SMILES string of the molecule is COc1cccc(NC(=O)C(Sc2ccc(NC(=O)c3ccc([N+](=O)[O-])cc3)cc2)c2ccccc2)c1. The molecule has 4 aromatic rings. The first-order valence-corrected chi connectivity index (χ1v) is 12.1. The van der Waals surface area contributed by atoms with Crippen molar-refractivity contribution >= 4 is 40.6 Å². The number of thioether (sulfide) groups is 1. The lowest BCUT2D eigenvalue weighted by Crippen LogP contribution is -2.19. The monoisotopic (exact) mass is 513 g/mol. The fraction of sp³-hybridized carbons (Fsp3) is 0.0714. The van der Waals surface area contributed by atoms with Crippen molar-refractivity contribution in [1.29, 1.82) is 0 Å². The first-order valence-electron chi connectivity index (χ1n) is 11.3. The highest BCUT2D eigenvalue weighted by Crippen LogP contribution is 2.37. The lowest BCUT2D eigenvalue weighted by molar-refractivity contribution is -0.384. The van der Waals surface area contributed by atoms with Gasteiger partial charge in [0.1, 0.15) is 11.0 Å². The van der Waals surface area contributed by atoms with Gasteiger partial charge in [0.05, 0.1) is 12.0 Å². The molecule has 4 rings (SSSR count). The topological polar surface area (TPSA) is 111 Å². The average molecular weight is 514 g/mol. The van der Waals surface area contributed by atoms with E-state index in [1.165, 1.54) is 36.0 Å². The number of anilines is 2. The summed E-state index contributed by atoms with van der Waals surface area (Å²) >= 11 is 1.39. The quantitative estimate of drug-likeness (QED) is 0.154. The van der Waals surface area contributed by atoms with Crippen LogP contribution in [0.1, 0.15) is 21.2 Å². The van der Waals surface area contributed by atoms with Gasteiger partial charge in [0.2, 0.25) is 5.91 Å². The molecule has 4 aromatic carbocycles. The zero-order valence-corrected chi connectivity index (χ0v) is 20.6. The van der Waals surface area contributed by atoms with E-state index in [4.69, 9.17) is 4.74 Å². The number of ether oxygens (including phenoxy) is 1. The van der Waals surface area contributed by atoms with E-state index in [-0.39, 0.29) is 17.5 Å². The lowest BCUT2D eigenvalue weighted by atomic mass is 10.1. The van der Waals surface area contributed by atoms with E-state index in [0.29, 0.717) is 22.7 Å². The molecule has 0 saturated heterocycles. The Morgan fingerprint density at radius 2 is 1.54 bits per heavy atom. The van der Waals surface area contributed by atoms with Crippen LogP contribution in [0.25, 0.3) is 0 Å². The fourth-order valence-corrected chi connectivity index (χ4v) is 4.52. The summed E-state index contributed by atoms with van der Waals surface area (Å²) in [6.45, 7) is 0. The second kappa shape index (κ2) is 11.9. The van der Waals surface area contributed by atoms with E-state index >= 15 is 0 Å². The van der Waals surface area contributed by atoms with Gasteiger partial charge in [-0.2, -0.15) is 0 Å². The molecule has 1 atom stereocenters. The number of carbonyl (C=O) groups excluding carboxylic acids is 2. The predicted molar refractivity (Wildman–Crippen MR) is 144 cm³/mol. The Bertz CT molecular complexity index is 1390. The van der Waals surface area contributed by atoms with Gasteiger partial charge >= 0.3 is 0 Å². The first-order chi connectivity index (χ1) is 17.9. The van der Waals surface area contributed by atoms with Gasteiger partial charge in [0.15, 0.2) is 0 Å². The molecular formula is C28H23N3O5S. The van der Waals surface area contributed by atoms with Crippen LogP contribution in [0.2, 0.25) is 0 Å². The van der Waals surface area contributed by atoms with Crippen LogP contribution in [0.3, 0.4) is 0 Å². The summed E-state index contributed by atoms with van der Waals surface area (Å²) in [6, 6.07) is 29.2. The van der Waals surface area contributed by atoms with Crippen LogP contribution >= 0.6 is 11.8 Å². The third kappa shape index (κ3) is 6.74. The van der Waals surface area contributed by atoms with Crippen molar-refractivity contribution in [3.05, 3.63) is 124 Å². The highest BCUT2D eigenvalue weighted by atomic mass is 32.2. The minimum atomic E-state index is -0.520. The summed E-state index contributed by atoms with van der Waals surface area (Å²) in [5.74, 6) is 0.0863. The second-order valence-electron chi connectivity index (χ2n) is 7.91. The maximum Gasteiger partial charge on any atom is 0.269 e. The van der Waals surface area contributed by atoms with Crippen LogP contribution in [-0.2, 0) is 4.79 Å². The molecular weight excluding hydrogens is 490 g/mol. The molecule has 0 aliphatic rings. The van der Waals surface area contributed by atoms with Gasteiger partial charge < -0.3 is 15.4 Å². The molecule has 9 heteroatoms. The normalized spacial score (nSPS) is 11.3. The average Bonchev–Trinajstić information content (AvgIpc) is 2.93. The highest BCUT2D eigenvalue weighted by molar-refractivity contribution is 8.00. The van der Waals surface area contributed by atoms with Crippen LogP contribution in [0.15, 0.2) is 108 Å². The number of methoxy groups -OCH3 is 1. The number of nitrogens with zero attached hydrogens (tertiary/aromatic N) is 1. The number of benzene rings is 4. The molecule has 186 valence electrons. The molecule has 0 aliphatic carbocycles. The highest BCUT2D eigenvalue weighted by Gasteiger charge is 2.22. The van der Waals surface area contributed by atoms with Crippen molar-refractivity contribution in [2.24, 2.45) is 0 Å². The van der Waals surface area contributed by atoms with E-state index in [1.807, 2.05) is 48.5 Å². The zero-order valence-electron chi connectivity index (χ0n) is 19.8. The number of amides is 2. The van der Waals surface area contributed by atoms with Crippen LogP contribution < -0.4 is 15.4 Å². The third-order valence-electron chi connectivity index (χ3n) is 5.38. The van der Waals surface area contributed by atoms with Crippen LogP contribution in [0, 0.1) is 10.1 Å². The molecule has 2 amide bonds. The Hall–Kier alpha value is -4.63. The van der Waals surface area contributed by atoms with E-state index in [1.54, 1.807) is 37.4 Å². The van der Waals surface area contributed by atoms with Gasteiger partial charge in [0, 0.05) is 40.0 Å². The summed E-state index contributed by atoms with van der Waals surface area (Å²) in [7, 11) is 1.57. The number of nitro groups is 1. The number of non-ortho nitro benzene ring substituents is 1. The number of hydrogen-bond acceptors (Lipinski definition) is 6. The zero-order chi connectivity index (χ0) is 26.2. The second-order valence-corrected chi connectivity index (χ2v) is 9.09. The molecule has 37 heavy (non-hydrogen) atoms. The largest absolute Gasteiger partial charge is 0.497 e. The maximum absolute atomic E-state index is 13.3. The molecule has 0 radical (unpaired) electrons. The van der Waals surface area contributed by atoms with Crippen LogP contribution in [0.5, 0.6) is 5.75 Å². The molecule has 0 aromatic heterocycles. The van der Waals surface area contributed by atoms with Crippen molar-refractivity contribution in [1.82, 2.24) is 0 Å². The molecule has 1 unspecified atom stereocenters. The van der Waals surface area contributed by atoms with Crippen molar-refractivity contribution in [2.45, 2.75) is 10.1 Å². The number of nitro benzene ring substituents is 1. The number of rotatable bonds is 9. The van der Waals surface area contributed by atoms with E-state index in [0.717, 1.165) is 10.5 Å². The Morgan fingerprint density at radius 3 is 2.19 bits per heavy atom. The van der Waals surface area contributed by atoms with Gasteiger partial charge in [-0.1, -0.05) is 36.4 Å². The van der Waals surface area contributed by atoms with Crippen molar-refractivity contribution in [2.75, 3.05) is 17.7 Å². The van der Waals surface area contributed by atoms with E-state index in [9.17, 15) is 19.7 Å². The van der Waals surface area contributed by atoms with Gasteiger partial charge in [-0.3, -0.25) is 19.7 Å². The molecule has 0 spiro atoms. The van der Waals surface area contributed by atoms with Gasteiger partial charge in [-0.25, -0.2) is 0 Å².